The van der Waals surface area contributed by atoms with Crippen LogP contribution in [0.4, 0.5) is 10.2 Å². The van der Waals surface area contributed by atoms with Gasteiger partial charge in [0.2, 0.25) is 11.8 Å². The third-order valence-electron chi connectivity index (χ3n) is 6.23. The monoisotopic (exact) mass is 424 g/mol. The van der Waals surface area contributed by atoms with Crippen LogP contribution in [0, 0.1) is 18.7 Å². The number of halogens is 1. The van der Waals surface area contributed by atoms with Crippen molar-refractivity contribution in [3.8, 4) is 0 Å². The van der Waals surface area contributed by atoms with E-state index >= 15 is 0 Å². The van der Waals surface area contributed by atoms with Crippen molar-refractivity contribution < 1.29 is 14.0 Å². The summed E-state index contributed by atoms with van der Waals surface area (Å²) in [5, 5.41) is 0. The molecule has 2 amide bonds. The first-order chi connectivity index (χ1) is 14.8. The summed E-state index contributed by atoms with van der Waals surface area (Å²) < 4.78 is 14.3. The van der Waals surface area contributed by atoms with Gasteiger partial charge in [-0.1, -0.05) is 32.0 Å². The van der Waals surface area contributed by atoms with Crippen molar-refractivity contribution in [2.24, 2.45) is 5.92 Å². The van der Waals surface area contributed by atoms with Gasteiger partial charge in [-0.25, -0.2) is 14.4 Å². The van der Waals surface area contributed by atoms with E-state index in [1.165, 1.54) is 6.07 Å². The van der Waals surface area contributed by atoms with Gasteiger partial charge in [-0.3, -0.25) is 14.5 Å². The fraction of sp³-hybridized carbons (Fsp3) is 0.500. The average molecular weight is 425 g/mol. The van der Waals surface area contributed by atoms with Crippen molar-refractivity contribution in [2.75, 3.05) is 18.0 Å². The average Bonchev–Trinajstić information content (AvgIpc) is 2.76. The van der Waals surface area contributed by atoms with Gasteiger partial charge in [0.05, 0.1) is 6.54 Å². The molecule has 1 aromatic carbocycles. The lowest BCUT2D eigenvalue weighted by Gasteiger charge is -2.34. The Kier molecular flexibility index (Phi) is 6.03. The molecule has 0 bridgehead atoms. The minimum atomic E-state index is -0.330. The summed E-state index contributed by atoms with van der Waals surface area (Å²) in [6, 6.07) is 6.52. The molecule has 31 heavy (non-hydrogen) atoms. The quantitative estimate of drug-likeness (QED) is 0.750. The van der Waals surface area contributed by atoms with Crippen molar-refractivity contribution in [1.82, 2.24) is 14.9 Å². The van der Waals surface area contributed by atoms with Crippen molar-refractivity contribution in [2.45, 2.75) is 58.9 Å². The molecule has 3 heterocycles. The molecule has 0 radical (unpaired) electrons. The summed E-state index contributed by atoms with van der Waals surface area (Å²) in [7, 11) is 0. The lowest BCUT2D eigenvalue weighted by atomic mass is 9.95. The molecule has 6 nitrogen and oxygen atoms in total. The molecule has 0 saturated carbocycles. The molecule has 2 aliphatic heterocycles. The Morgan fingerprint density at radius 2 is 2.00 bits per heavy atom. The molecule has 0 spiro atoms. The van der Waals surface area contributed by atoms with E-state index in [1.807, 2.05) is 25.7 Å². The lowest BCUT2D eigenvalue weighted by molar-refractivity contribution is -0.135. The molecular formula is C24H29FN4O2. The molecule has 1 atom stereocenters. The van der Waals surface area contributed by atoms with Gasteiger partial charge in [0.1, 0.15) is 17.5 Å². The zero-order chi connectivity index (χ0) is 22.1. The second-order valence-corrected chi connectivity index (χ2v) is 8.82. The highest BCUT2D eigenvalue weighted by molar-refractivity contribution is 5.95. The van der Waals surface area contributed by atoms with Crippen LogP contribution in [0.5, 0.6) is 0 Å². The molecule has 1 fully saturated rings. The number of carbonyl (C=O) groups is 2. The first-order valence-corrected chi connectivity index (χ1v) is 11.0. The van der Waals surface area contributed by atoms with Gasteiger partial charge in [0.15, 0.2) is 0 Å². The first-order valence-electron chi connectivity index (χ1n) is 11.0. The number of anilines is 1. The molecule has 0 aliphatic carbocycles. The second-order valence-electron chi connectivity index (χ2n) is 8.82. The van der Waals surface area contributed by atoms with Gasteiger partial charge in [0.25, 0.3) is 0 Å². The number of aryl methyl sites for hydroxylation is 1. The number of likely N-dealkylation sites (tertiary alicyclic amines) is 1. The van der Waals surface area contributed by atoms with Crippen molar-refractivity contribution in [3.63, 3.8) is 0 Å². The topological polar surface area (TPSA) is 66.4 Å². The van der Waals surface area contributed by atoms with Crippen LogP contribution in [-0.2, 0) is 22.6 Å². The Morgan fingerprint density at radius 1 is 1.23 bits per heavy atom. The number of benzene rings is 1. The summed E-state index contributed by atoms with van der Waals surface area (Å²) in [4.78, 5) is 38.4. The lowest BCUT2D eigenvalue weighted by Crippen LogP contribution is -2.42. The van der Waals surface area contributed by atoms with Crippen LogP contribution in [0.15, 0.2) is 24.3 Å². The molecular weight excluding hydrogens is 395 g/mol. The van der Waals surface area contributed by atoms with Crippen molar-refractivity contribution in [3.05, 3.63) is 52.7 Å². The Bertz CT molecular complexity index is 1010. The Balaban J connectivity index is 1.66. The molecule has 0 unspecified atom stereocenters. The number of carbonyl (C=O) groups excluding carboxylic acids is 2. The maximum atomic E-state index is 14.3. The maximum absolute atomic E-state index is 14.3. The minimum absolute atomic E-state index is 0.0350. The molecule has 2 aromatic rings. The minimum Gasteiger partial charge on any atom is -0.342 e. The van der Waals surface area contributed by atoms with Crippen molar-refractivity contribution >= 4 is 17.6 Å². The zero-order valence-electron chi connectivity index (χ0n) is 18.4. The molecule has 4 rings (SSSR count). The summed E-state index contributed by atoms with van der Waals surface area (Å²) in [5.41, 5.74) is 2.27. The standard InChI is InChI=1S/C24H29FN4O2/c1-15(2)24(31)28-12-6-8-18(13-28)22-26-16(3)19-10-11-21(30)29(23(19)27-22)14-17-7-4-5-9-20(17)25/h4-5,7,9,15,18H,6,8,10-14H2,1-3H3/t18-/m0/s1. The fourth-order valence-electron chi connectivity index (χ4n) is 4.50. The number of piperidine rings is 1. The van der Waals surface area contributed by atoms with Crippen LogP contribution >= 0.6 is 0 Å². The molecule has 1 saturated heterocycles. The zero-order valence-corrected chi connectivity index (χ0v) is 18.4. The summed E-state index contributed by atoms with van der Waals surface area (Å²) in [6.07, 6.45) is 2.77. The Morgan fingerprint density at radius 3 is 2.74 bits per heavy atom. The van der Waals surface area contributed by atoms with Crippen LogP contribution in [0.3, 0.4) is 0 Å². The largest absolute Gasteiger partial charge is 0.342 e. The fourth-order valence-corrected chi connectivity index (χ4v) is 4.50. The molecule has 164 valence electrons. The van der Waals surface area contributed by atoms with Gasteiger partial charge in [-0.05, 0) is 32.3 Å². The molecule has 2 aliphatic rings. The van der Waals surface area contributed by atoms with Gasteiger partial charge >= 0.3 is 0 Å². The highest BCUT2D eigenvalue weighted by Gasteiger charge is 2.32. The van der Waals surface area contributed by atoms with E-state index < -0.39 is 0 Å². The van der Waals surface area contributed by atoms with Crippen molar-refractivity contribution in [1.29, 1.82) is 0 Å². The van der Waals surface area contributed by atoms with Gasteiger partial charge in [-0.2, -0.15) is 0 Å². The predicted octanol–water partition coefficient (Wildman–Crippen LogP) is 3.77. The third kappa shape index (κ3) is 4.31. The van der Waals surface area contributed by atoms with E-state index in [2.05, 4.69) is 0 Å². The summed E-state index contributed by atoms with van der Waals surface area (Å²) in [6.45, 7) is 7.28. The van der Waals surface area contributed by atoms with Crippen LogP contribution in [-0.4, -0.2) is 39.8 Å². The Hall–Kier alpha value is -2.83. The SMILES string of the molecule is Cc1nc([C@H]2CCCN(C(=O)C(C)C)C2)nc2c1CCC(=O)N2Cc1ccccc1F. The first kappa shape index (κ1) is 21.4. The molecule has 7 heteroatoms. The van der Waals surface area contributed by atoms with Crippen LogP contribution in [0.25, 0.3) is 0 Å². The molecule has 1 aromatic heterocycles. The van der Waals surface area contributed by atoms with Gasteiger partial charge < -0.3 is 4.90 Å². The number of rotatable bonds is 4. The smallest absolute Gasteiger partial charge is 0.228 e. The second kappa shape index (κ2) is 8.73. The van der Waals surface area contributed by atoms with E-state index in [4.69, 9.17) is 9.97 Å². The maximum Gasteiger partial charge on any atom is 0.228 e. The number of nitrogens with zero attached hydrogens (tertiary/aromatic N) is 4. The normalized spacial score (nSPS) is 19.0. The van der Waals surface area contributed by atoms with E-state index in [-0.39, 0.29) is 36.0 Å². The molecule has 0 N–H and O–H groups in total. The Labute approximate surface area is 182 Å². The third-order valence-corrected chi connectivity index (χ3v) is 6.23. The predicted molar refractivity (Wildman–Crippen MR) is 116 cm³/mol. The highest BCUT2D eigenvalue weighted by atomic mass is 19.1. The summed E-state index contributed by atoms with van der Waals surface area (Å²) in [5.74, 6) is 1.02. The number of amides is 2. The summed E-state index contributed by atoms with van der Waals surface area (Å²) >= 11 is 0. The number of hydrogen-bond acceptors (Lipinski definition) is 4. The van der Waals surface area contributed by atoms with Crippen LogP contribution < -0.4 is 4.90 Å². The van der Waals surface area contributed by atoms with E-state index in [0.717, 1.165) is 30.6 Å². The van der Waals surface area contributed by atoms with Crippen LogP contribution in [0.1, 0.15) is 61.7 Å². The number of aromatic nitrogens is 2. The number of fused-ring (bicyclic) bond motifs is 1. The van der Waals surface area contributed by atoms with Crippen LogP contribution in [0.2, 0.25) is 0 Å². The van der Waals surface area contributed by atoms with Gasteiger partial charge in [0, 0.05) is 48.2 Å². The van der Waals surface area contributed by atoms with E-state index in [0.29, 0.717) is 36.6 Å². The highest BCUT2D eigenvalue weighted by Crippen LogP contribution is 2.33. The van der Waals surface area contributed by atoms with E-state index in [9.17, 15) is 14.0 Å². The number of hydrogen-bond donors (Lipinski definition) is 0. The van der Waals surface area contributed by atoms with E-state index in [1.54, 1.807) is 23.1 Å². The van der Waals surface area contributed by atoms with Gasteiger partial charge in [-0.15, -0.1) is 0 Å².